The number of carbonyl (C=O) groups is 1. The van der Waals surface area contributed by atoms with E-state index in [-0.39, 0.29) is 11.9 Å². The zero-order valence-electron chi connectivity index (χ0n) is 19.9. The van der Waals surface area contributed by atoms with Crippen LogP contribution < -0.4 is 10.6 Å². The van der Waals surface area contributed by atoms with Gasteiger partial charge in [0.2, 0.25) is 5.91 Å². The van der Waals surface area contributed by atoms with Crippen molar-refractivity contribution in [3.05, 3.63) is 93.3 Å². The minimum atomic E-state index is -0.0664. The van der Waals surface area contributed by atoms with Crippen molar-refractivity contribution in [2.24, 2.45) is 5.92 Å². The van der Waals surface area contributed by atoms with Crippen LogP contribution in [0.15, 0.2) is 60.7 Å². The van der Waals surface area contributed by atoms with E-state index in [0.717, 1.165) is 50.0 Å². The Kier molecular flexibility index (Phi) is 7.59. The Bertz CT molecular complexity index is 1290. The molecule has 0 aromatic heterocycles. The molecule has 2 N–H and O–H groups in total. The first-order valence-corrected chi connectivity index (χ1v) is 13.1. The third-order valence-corrected chi connectivity index (χ3v) is 7.59. The molecule has 2 aliphatic rings. The molecule has 0 saturated carbocycles. The Labute approximate surface area is 222 Å². The van der Waals surface area contributed by atoms with E-state index in [4.69, 9.17) is 29.8 Å². The lowest BCUT2D eigenvalue weighted by Gasteiger charge is -2.43. The Morgan fingerprint density at radius 2 is 1.78 bits per heavy atom. The number of nitrogens with one attached hydrogen (secondary N) is 2. The molecule has 5 nitrogen and oxygen atoms in total. The summed E-state index contributed by atoms with van der Waals surface area (Å²) in [4.78, 5) is 19.0. The lowest BCUT2D eigenvalue weighted by Crippen LogP contribution is -2.45. The standard InChI is InChI=1S/C29H28Cl2N4O/c1-32-25-4-2-3-20(14-25)21-5-6-27-22(13-21)9-12-35(29(27)19-7-10-33-11-8-19)18-28(36)34-26-16-23(30)15-24(31)17-26/h2-6,13-17,19,29,33H,7-12,18H2,(H,34,36). The van der Waals surface area contributed by atoms with Gasteiger partial charge >= 0.3 is 0 Å². The fraction of sp³-hybridized carbons (Fsp3) is 0.310. The van der Waals surface area contributed by atoms with Crippen LogP contribution in [0, 0.1) is 12.5 Å². The molecule has 36 heavy (non-hydrogen) atoms. The first-order valence-electron chi connectivity index (χ1n) is 12.3. The Balaban J connectivity index is 1.41. The van der Waals surface area contributed by atoms with E-state index in [0.29, 0.717) is 33.9 Å². The quantitative estimate of drug-likeness (QED) is 0.367. The van der Waals surface area contributed by atoms with Gasteiger partial charge in [-0.3, -0.25) is 9.69 Å². The summed E-state index contributed by atoms with van der Waals surface area (Å²) in [6.45, 7) is 10.5. The largest absolute Gasteiger partial charge is 0.325 e. The summed E-state index contributed by atoms with van der Waals surface area (Å²) in [5, 5.41) is 7.44. The molecular formula is C29H28Cl2N4O. The maximum absolute atomic E-state index is 13.1. The molecule has 3 aromatic rings. The van der Waals surface area contributed by atoms with Gasteiger partial charge in [0, 0.05) is 28.3 Å². The Morgan fingerprint density at radius 3 is 2.53 bits per heavy atom. The molecule has 1 atom stereocenters. The topological polar surface area (TPSA) is 48.7 Å². The predicted octanol–water partition coefficient (Wildman–Crippen LogP) is 6.75. The van der Waals surface area contributed by atoms with Crippen molar-refractivity contribution in [3.8, 4) is 11.1 Å². The molecule has 1 amide bonds. The SMILES string of the molecule is [C-]#[N+]c1cccc(-c2ccc3c(c2)CCN(CC(=O)Nc2cc(Cl)cc(Cl)c2)C3C2CCNCC2)c1. The number of carbonyl (C=O) groups excluding carboxylic acids is 1. The monoisotopic (exact) mass is 518 g/mol. The van der Waals surface area contributed by atoms with Crippen molar-refractivity contribution >= 4 is 40.5 Å². The van der Waals surface area contributed by atoms with Crippen LogP contribution in [0.5, 0.6) is 0 Å². The number of benzene rings is 3. The number of hydrogen-bond acceptors (Lipinski definition) is 3. The summed E-state index contributed by atoms with van der Waals surface area (Å²) >= 11 is 12.2. The van der Waals surface area contributed by atoms with Crippen LogP contribution >= 0.6 is 23.2 Å². The highest BCUT2D eigenvalue weighted by Crippen LogP contribution is 2.40. The number of nitrogens with zero attached hydrogens (tertiary/aromatic N) is 2. The maximum Gasteiger partial charge on any atom is 0.238 e. The molecule has 3 aromatic carbocycles. The van der Waals surface area contributed by atoms with Crippen LogP contribution in [-0.2, 0) is 11.2 Å². The van der Waals surface area contributed by atoms with Crippen molar-refractivity contribution in [3.63, 3.8) is 0 Å². The van der Waals surface area contributed by atoms with Crippen molar-refractivity contribution in [1.82, 2.24) is 10.2 Å². The third-order valence-electron chi connectivity index (χ3n) is 7.16. The van der Waals surface area contributed by atoms with Crippen LogP contribution in [0.1, 0.15) is 30.0 Å². The number of amides is 1. The van der Waals surface area contributed by atoms with Crippen molar-refractivity contribution in [2.45, 2.75) is 25.3 Å². The first-order chi connectivity index (χ1) is 17.5. The van der Waals surface area contributed by atoms with E-state index in [1.54, 1.807) is 18.2 Å². The molecule has 0 radical (unpaired) electrons. The maximum atomic E-state index is 13.1. The van der Waals surface area contributed by atoms with Gasteiger partial charge < -0.3 is 10.6 Å². The van der Waals surface area contributed by atoms with Gasteiger partial charge in [0.15, 0.2) is 5.69 Å². The average molecular weight is 519 g/mol. The minimum Gasteiger partial charge on any atom is -0.325 e. The van der Waals surface area contributed by atoms with Gasteiger partial charge in [-0.1, -0.05) is 59.6 Å². The molecule has 1 saturated heterocycles. The Morgan fingerprint density at radius 1 is 1.03 bits per heavy atom. The molecule has 2 aliphatic heterocycles. The lowest BCUT2D eigenvalue weighted by molar-refractivity contribution is -0.118. The second-order valence-corrected chi connectivity index (χ2v) is 10.4. The predicted molar refractivity (Wildman–Crippen MR) is 147 cm³/mol. The van der Waals surface area contributed by atoms with Crippen LogP contribution in [-0.4, -0.2) is 37.0 Å². The first kappa shape index (κ1) is 24.8. The van der Waals surface area contributed by atoms with Crippen molar-refractivity contribution < 1.29 is 4.79 Å². The second-order valence-electron chi connectivity index (χ2n) is 9.53. The van der Waals surface area contributed by atoms with Gasteiger partial charge in [0.25, 0.3) is 0 Å². The minimum absolute atomic E-state index is 0.0664. The lowest BCUT2D eigenvalue weighted by atomic mass is 9.79. The van der Waals surface area contributed by atoms with E-state index >= 15 is 0 Å². The number of piperidine rings is 1. The van der Waals surface area contributed by atoms with Gasteiger partial charge in [-0.25, -0.2) is 4.85 Å². The molecule has 7 heteroatoms. The third kappa shape index (κ3) is 5.58. The molecule has 1 fully saturated rings. The fourth-order valence-corrected chi connectivity index (χ4v) is 6.07. The van der Waals surface area contributed by atoms with Gasteiger partial charge in [-0.2, -0.15) is 0 Å². The number of hydrogen-bond donors (Lipinski definition) is 2. The van der Waals surface area contributed by atoms with Gasteiger partial charge in [0.1, 0.15) is 0 Å². The van der Waals surface area contributed by atoms with Crippen LogP contribution in [0.3, 0.4) is 0 Å². The van der Waals surface area contributed by atoms with E-state index in [1.165, 1.54) is 11.1 Å². The fourth-order valence-electron chi connectivity index (χ4n) is 5.55. The number of anilines is 1. The van der Waals surface area contributed by atoms with E-state index in [9.17, 15) is 4.79 Å². The molecule has 0 aliphatic carbocycles. The zero-order chi connectivity index (χ0) is 25.1. The van der Waals surface area contributed by atoms with Crippen molar-refractivity contribution in [1.29, 1.82) is 0 Å². The highest BCUT2D eigenvalue weighted by molar-refractivity contribution is 6.35. The second kappa shape index (κ2) is 11.0. The van der Waals surface area contributed by atoms with Crippen LogP contribution in [0.4, 0.5) is 11.4 Å². The molecule has 5 rings (SSSR count). The average Bonchev–Trinajstić information content (AvgIpc) is 2.88. The molecule has 0 bridgehead atoms. The smallest absolute Gasteiger partial charge is 0.238 e. The van der Waals surface area contributed by atoms with E-state index in [2.05, 4.69) is 44.6 Å². The summed E-state index contributed by atoms with van der Waals surface area (Å²) in [5.74, 6) is 0.415. The summed E-state index contributed by atoms with van der Waals surface area (Å²) in [7, 11) is 0. The van der Waals surface area contributed by atoms with E-state index in [1.807, 2.05) is 18.2 Å². The molecule has 1 unspecified atom stereocenters. The molecule has 0 spiro atoms. The normalized spacial score (nSPS) is 18.3. The van der Waals surface area contributed by atoms with Gasteiger partial charge in [-0.15, -0.1) is 0 Å². The van der Waals surface area contributed by atoms with Gasteiger partial charge in [-0.05, 0) is 84.8 Å². The summed E-state index contributed by atoms with van der Waals surface area (Å²) in [6.07, 6.45) is 3.05. The highest BCUT2D eigenvalue weighted by Gasteiger charge is 2.35. The number of halogens is 2. The molecule has 184 valence electrons. The number of fused-ring (bicyclic) bond motifs is 1. The summed E-state index contributed by atoms with van der Waals surface area (Å²) in [5.41, 5.74) is 6.11. The van der Waals surface area contributed by atoms with Crippen molar-refractivity contribution in [2.75, 3.05) is 31.5 Å². The van der Waals surface area contributed by atoms with Crippen LogP contribution in [0.2, 0.25) is 10.0 Å². The van der Waals surface area contributed by atoms with Gasteiger partial charge in [0.05, 0.1) is 13.1 Å². The van der Waals surface area contributed by atoms with E-state index < -0.39 is 0 Å². The zero-order valence-corrected chi connectivity index (χ0v) is 21.4. The Hall–Kier alpha value is -2.88. The molecular weight excluding hydrogens is 491 g/mol. The summed E-state index contributed by atoms with van der Waals surface area (Å²) in [6, 6.07) is 19.7. The summed E-state index contributed by atoms with van der Waals surface area (Å²) < 4.78 is 0. The highest BCUT2D eigenvalue weighted by atomic mass is 35.5. The number of rotatable bonds is 5. The molecule has 2 heterocycles. The van der Waals surface area contributed by atoms with Crippen LogP contribution in [0.25, 0.3) is 16.0 Å².